The van der Waals surface area contributed by atoms with Gasteiger partial charge in [0.05, 0.1) is 24.5 Å². The molecule has 7 atom stereocenters. The van der Waals surface area contributed by atoms with Crippen LogP contribution < -0.4 is 0 Å². The number of hydrogen-bond donors (Lipinski definition) is 2. The van der Waals surface area contributed by atoms with Gasteiger partial charge >= 0.3 is 11.9 Å². The Morgan fingerprint density at radius 3 is 2.47 bits per heavy atom. The van der Waals surface area contributed by atoms with E-state index in [-0.39, 0.29) is 66.1 Å². The second-order valence-corrected chi connectivity index (χ2v) is 10.6. The Morgan fingerprint density at radius 2 is 1.84 bits per heavy atom. The highest BCUT2D eigenvalue weighted by Gasteiger charge is 2.43. The Morgan fingerprint density at radius 1 is 1.16 bits per heavy atom. The van der Waals surface area contributed by atoms with Gasteiger partial charge < -0.3 is 19.7 Å². The van der Waals surface area contributed by atoms with Gasteiger partial charge in [-0.05, 0) is 42.1 Å². The first-order valence-electron chi connectivity index (χ1n) is 12.2. The van der Waals surface area contributed by atoms with Crippen LogP contribution in [0.15, 0.2) is 23.8 Å². The molecule has 180 valence electrons. The molecular weight excluding hydrogens is 408 g/mol. The number of aliphatic hydroxyl groups is 2. The molecule has 0 bridgehead atoms. The highest BCUT2D eigenvalue weighted by molar-refractivity contribution is 5.73. The van der Waals surface area contributed by atoms with Gasteiger partial charge in [0, 0.05) is 18.8 Å². The van der Waals surface area contributed by atoms with Crippen LogP contribution in [-0.4, -0.2) is 46.6 Å². The molecule has 2 N–H and O–H groups in total. The van der Waals surface area contributed by atoms with E-state index in [1.807, 2.05) is 33.8 Å². The Bertz CT molecular complexity index is 731. The Hall–Kier alpha value is -1.66. The molecule has 0 unspecified atom stereocenters. The smallest absolute Gasteiger partial charge is 0.309 e. The average Bonchev–Trinajstić information content (AvgIpc) is 2.66. The quantitative estimate of drug-likeness (QED) is 0.576. The predicted molar refractivity (Wildman–Crippen MR) is 121 cm³/mol. The number of ether oxygens (including phenoxy) is 2. The number of carbonyl (C=O) groups is 2. The zero-order chi connectivity index (χ0) is 23.6. The lowest BCUT2D eigenvalue weighted by Gasteiger charge is -2.43. The predicted octanol–water partition coefficient (Wildman–Crippen LogP) is 3.80. The molecular formula is C26H40O6. The number of cyclic esters (lactones) is 1. The normalized spacial score (nSPS) is 35.0. The average molecular weight is 449 g/mol. The van der Waals surface area contributed by atoms with Gasteiger partial charge in [0.1, 0.15) is 12.2 Å². The van der Waals surface area contributed by atoms with Crippen LogP contribution in [0.4, 0.5) is 0 Å². The van der Waals surface area contributed by atoms with Crippen molar-refractivity contribution in [2.75, 3.05) is 0 Å². The molecule has 1 aliphatic heterocycles. The van der Waals surface area contributed by atoms with Gasteiger partial charge in [0.15, 0.2) is 0 Å². The van der Waals surface area contributed by atoms with E-state index in [9.17, 15) is 19.8 Å². The van der Waals surface area contributed by atoms with E-state index in [0.29, 0.717) is 19.3 Å². The SMILES string of the molecule is CC(C)C(C(=O)O[C@H]1C[C@H](O)C=C2C=C[C@H](C)[C@H](CC[C@@H]3C[C@@H](O)CC(=O)O3)[C@H]21)C(C)C. The molecule has 0 aromatic heterocycles. The summed E-state index contributed by atoms with van der Waals surface area (Å²) in [4.78, 5) is 24.8. The molecule has 0 saturated carbocycles. The largest absolute Gasteiger partial charge is 0.462 e. The molecule has 3 aliphatic rings. The van der Waals surface area contributed by atoms with Gasteiger partial charge in [-0.2, -0.15) is 0 Å². The van der Waals surface area contributed by atoms with Gasteiger partial charge in [0.25, 0.3) is 0 Å². The molecule has 1 heterocycles. The topological polar surface area (TPSA) is 93.1 Å². The number of carbonyl (C=O) groups excluding carboxylic acids is 2. The lowest BCUT2D eigenvalue weighted by Crippen LogP contribution is -2.44. The van der Waals surface area contributed by atoms with Crippen molar-refractivity contribution in [1.29, 1.82) is 0 Å². The highest BCUT2D eigenvalue weighted by atomic mass is 16.6. The molecule has 0 aromatic rings. The minimum absolute atomic E-state index is 0.00606. The van der Waals surface area contributed by atoms with Gasteiger partial charge in [-0.1, -0.05) is 52.8 Å². The van der Waals surface area contributed by atoms with Crippen molar-refractivity contribution in [3.8, 4) is 0 Å². The molecule has 0 spiro atoms. The van der Waals surface area contributed by atoms with Crippen LogP contribution >= 0.6 is 0 Å². The van der Waals surface area contributed by atoms with Crippen LogP contribution in [0.25, 0.3) is 0 Å². The summed E-state index contributed by atoms with van der Waals surface area (Å²) in [5, 5.41) is 20.4. The zero-order valence-electron chi connectivity index (χ0n) is 20.1. The van der Waals surface area contributed by atoms with Crippen molar-refractivity contribution < 1.29 is 29.3 Å². The fourth-order valence-corrected chi connectivity index (χ4v) is 5.94. The molecule has 0 radical (unpaired) electrons. The Kier molecular flexibility index (Phi) is 8.21. The van der Waals surface area contributed by atoms with E-state index in [4.69, 9.17) is 9.47 Å². The second-order valence-electron chi connectivity index (χ2n) is 10.6. The summed E-state index contributed by atoms with van der Waals surface area (Å²) in [6, 6.07) is 0. The third-order valence-electron chi connectivity index (χ3n) is 7.41. The van der Waals surface area contributed by atoms with Crippen LogP contribution in [0.5, 0.6) is 0 Å². The molecule has 32 heavy (non-hydrogen) atoms. The summed E-state index contributed by atoms with van der Waals surface area (Å²) in [6.45, 7) is 10.3. The zero-order valence-corrected chi connectivity index (χ0v) is 20.1. The lowest BCUT2D eigenvalue weighted by molar-refractivity contribution is -0.165. The maximum absolute atomic E-state index is 13.1. The minimum atomic E-state index is -0.636. The summed E-state index contributed by atoms with van der Waals surface area (Å²) in [5.41, 5.74) is 1.02. The first kappa shape index (κ1) is 25.0. The van der Waals surface area contributed by atoms with Gasteiger partial charge in [0.2, 0.25) is 0 Å². The number of aliphatic hydroxyl groups excluding tert-OH is 2. The van der Waals surface area contributed by atoms with Crippen molar-refractivity contribution in [2.45, 2.75) is 91.1 Å². The highest BCUT2D eigenvalue weighted by Crippen LogP contribution is 2.44. The van der Waals surface area contributed by atoms with E-state index in [2.05, 4.69) is 19.1 Å². The fraction of sp³-hybridized carbons (Fsp3) is 0.769. The van der Waals surface area contributed by atoms with E-state index >= 15 is 0 Å². The van der Waals surface area contributed by atoms with Crippen LogP contribution in [0.2, 0.25) is 0 Å². The van der Waals surface area contributed by atoms with Crippen LogP contribution in [0.1, 0.15) is 66.7 Å². The monoisotopic (exact) mass is 448 g/mol. The van der Waals surface area contributed by atoms with Crippen molar-refractivity contribution in [3.63, 3.8) is 0 Å². The van der Waals surface area contributed by atoms with Crippen LogP contribution in [0, 0.1) is 35.5 Å². The lowest BCUT2D eigenvalue weighted by atomic mass is 9.66. The van der Waals surface area contributed by atoms with Gasteiger partial charge in [-0.3, -0.25) is 9.59 Å². The van der Waals surface area contributed by atoms with Crippen LogP contribution in [-0.2, 0) is 19.1 Å². The third-order valence-corrected chi connectivity index (χ3v) is 7.41. The van der Waals surface area contributed by atoms with E-state index < -0.39 is 12.2 Å². The Labute approximate surface area is 192 Å². The van der Waals surface area contributed by atoms with Gasteiger partial charge in [-0.15, -0.1) is 0 Å². The molecule has 3 rings (SSSR count). The number of allylic oxidation sites excluding steroid dienone is 2. The number of fused-ring (bicyclic) bond motifs is 1. The van der Waals surface area contributed by atoms with Crippen molar-refractivity contribution in [2.24, 2.45) is 35.5 Å². The van der Waals surface area contributed by atoms with E-state index in [1.54, 1.807) is 0 Å². The minimum Gasteiger partial charge on any atom is -0.462 e. The maximum Gasteiger partial charge on any atom is 0.309 e. The van der Waals surface area contributed by atoms with E-state index in [0.717, 1.165) is 12.0 Å². The molecule has 2 aliphatic carbocycles. The standard InChI is InChI=1S/C26H40O6/c1-14(2)24(15(3)4)26(30)32-22-12-18(27)10-17-7-6-16(5)21(25(17)22)9-8-20-11-19(28)13-23(29)31-20/h6-7,10,14-16,18-22,24-25,27-28H,8-9,11-13H2,1-5H3/t16-,18+,19+,20+,21-,22-,25-/m0/s1. The first-order valence-corrected chi connectivity index (χ1v) is 12.2. The first-order chi connectivity index (χ1) is 15.1. The molecule has 1 fully saturated rings. The molecule has 6 nitrogen and oxygen atoms in total. The summed E-state index contributed by atoms with van der Waals surface area (Å²) >= 11 is 0. The molecule has 1 saturated heterocycles. The number of rotatable bonds is 7. The second kappa shape index (κ2) is 10.5. The fourth-order valence-electron chi connectivity index (χ4n) is 5.94. The Balaban J connectivity index is 1.77. The maximum atomic E-state index is 13.1. The number of esters is 2. The molecule has 6 heteroatoms. The molecule has 0 amide bonds. The summed E-state index contributed by atoms with van der Waals surface area (Å²) in [7, 11) is 0. The summed E-state index contributed by atoms with van der Waals surface area (Å²) < 4.78 is 11.6. The van der Waals surface area contributed by atoms with Crippen molar-refractivity contribution in [3.05, 3.63) is 23.8 Å². The third kappa shape index (κ3) is 5.82. The van der Waals surface area contributed by atoms with Gasteiger partial charge in [-0.25, -0.2) is 0 Å². The number of hydrogen-bond acceptors (Lipinski definition) is 6. The van der Waals surface area contributed by atoms with E-state index in [1.165, 1.54) is 0 Å². The molecule has 0 aromatic carbocycles. The summed E-state index contributed by atoms with van der Waals surface area (Å²) in [6.07, 6.45) is 6.56. The van der Waals surface area contributed by atoms with Crippen LogP contribution in [0.3, 0.4) is 0 Å². The van der Waals surface area contributed by atoms with Crippen molar-refractivity contribution >= 4 is 11.9 Å². The van der Waals surface area contributed by atoms with Crippen molar-refractivity contribution in [1.82, 2.24) is 0 Å². The summed E-state index contributed by atoms with van der Waals surface area (Å²) in [5.74, 6) is 0.130.